The molecule has 7 nitrogen and oxygen atoms in total. The third kappa shape index (κ3) is 7.08. The van der Waals surface area contributed by atoms with Crippen LogP contribution in [-0.4, -0.2) is 39.2 Å². The van der Waals surface area contributed by atoms with E-state index in [9.17, 15) is 14.9 Å². The van der Waals surface area contributed by atoms with Gasteiger partial charge in [0.05, 0.1) is 13.7 Å². The molecule has 2 aromatic rings. The van der Waals surface area contributed by atoms with Crippen molar-refractivity contribution in [1.82, 2.24) is 5.32 Å². The minimum absolute atomic E-state index is 0.0549. The number of methoxy groups -OCH3 is 2. The van der Waals surface area contributed by atoms with E-state index < -0.39 is 5.91 Å². The number of carbonyl (C=O) groups excluding carboxylic acids is 2. The van der Waals surface area contributed by atoms with Crippen LogP contribution in [0, 0.1) is 11.3 Å². The van der Waals surface area contributed by atoms with Crippen molar-refractivity contribution in [3.63, 3.8) is 0 Å². The number of carbonyl (C=O) groups is 2. The standard InChI is InChI=1S/C23H24N2O5/c1-28-13-12-25-23(27)19(16-24)14-18-8-10-20(21(15-18)29-2)30-22(26)11-9-17-6-4-3-5-7-17/h3-8,10,14-15H,9,11-13H2,1-2H3,(H,25,27)/b19-14+. The molecular formula is C23H24N2O5. The van der Waals surface area contributed by atoms with Crippen LogP contribution in [0.15, 0.2) is 54.1 Å². The summed E-state index contributed by atoms with van der Waals surface area (Å²) in [6.07, 6.45) is 2.24. The van der Waals surface area contributed by atoms with Gasteiger partial charge < -0.3 is 19.5 Å². The molecule has 0 fully saturated rings. The third-order valence-corrected chi connectivity index (χ3v) is 4.14. The molecule has 30 heavy (non-hydrogen) atoms. The van der Waals surface area contributed by atoms with Gasteiger partial charge in [0.25, 0.3) is 5.91 Å². The molecule has 0 aliphatic carbocycles. The van der Waals surface area contributed by atoms with Crippen LogP contribution < -0.4 is 14.8 Å². The summed E-state index contributed by atoms with van der Waals surface area (Å²) in [6, 6.07) is 16.3. The Kier molecular flexibility index (Phi) is 9.10. The number of nitrogens with zero attached hydrogens (tertiary/aromatic N) is 1. The second kappa shape index (κ2) is 12.0. The molecule has 1 N–H and O–H groups in total. The highest BCUT2D eigenvalue weighted by atomic mass is 16.6. The van der Waals surface area contributed by atoms with Crippen molar-refractivity contribution in [2.75, 3.05) is 27.4 Å². The Morgan fingerprint density at radius 2 is 1.87 bits per heavy atom. The molecule has 2 aromatic carbocycles. The minimum Gasteiger partial charge on any atom is -0.493 e. The molecule has 156 valence electrons. The number of rotatable bonds is 10. The van der Waals surface area contributed by atoms with Gasteiger partial charge in [-0.05, 0) is 35.8 Å². The van der Waals surface area contributed by atoms with Crippen LogP contribution in [0.3, 0.4) is 0 Å². The molecule has 0 unspecified atom stereocenters. The maximum absolute atomic E-state index is 12.2. The minimum atomic E-state index is -0.495. The average molecular weight is 408 g/mol. The highest BCUT2D eigenvalue weighted by Crippen LogP contribution is 2.29. The number of benzene rings is 2. The molecule has 0 aliphatic rings. The van der Waals surface area contributed by atoms with E-state index >= 15 is 0 Å². The summed E-state index contributed by atoms with van der Waals surface area (Å²) in [4.78, 5) is 24.2. The maximum atomic E-state index is 12.2. The van der Waals surface area contributed by atoms with Gasteiger partial charge in [0, 0.05) is 20.1 Å². The van der Waals surface area contributed by atoms with E-state index in [-0.39, 0.29) is 23.7 Å². The summed E-state index contributed by atoms with van der Waals surface area (Å²) in [5.41, 5.74) is 1.56. The summed E-state index contributed by atoms with van der Waals surface area (Å²) in [7, 11) is 2.97. The highest BCUT2D eigenvalue weighted by Gasteiger charge is 2.13. The largest absolute Gasteiger partial charge is 0.493 e. The van der Waals surface area contributed by atoms with Crippen molar-refractivity contribution < 1.29 is 23.8 Å². The van der Waals surface area contributed by atoms with Crippen molar-refractivity contribution in [2.45, 2.75) is 12.8 Å². The van der Waals surface area contributed by atoms with Crippen molar-refractivity contribution in [1.29, 1.82) is 5.26 Å². The van der Waals surface area contributed by atoms with Gasteiger partial charge in [-0.1, -0.05) is 36.4 Å². The van der Waals surface area contributed by atoms with Crippen LogP contribution >= 0.6 is 0 Å². The normalized spacial score (nSPS) is 10.8. The highest BCUT2D eigenvalue weighted by molar-refractivity contribution is 6.01. The van der Waals surface area contributed by atoms with Gasteiger partial charge in [0.1, 0.15) is 11.6 Å². The molecule has 0 atom stereocenters. The molecule has 7 heteroatoms. The zero-order chi connectivity index (χ0) is 21.8. The molecule has 0 bridgehead atoms. The molecule has 0 heterocycles. The predicted octanol–water partition coefficient (Wildman–Crippen LogP) is 2.90. The van der Waals surface area contributed by atoms with Crippen LogP contribution in [0.4, 0.5) is 0 Å². The summed E-state index contributed by atoms with van der Waals surface area (Å²) >= 11 is 0. The zero-order valence-electron chi connectivity index (χ0n) is 17.0. The molecule has 0 saturated carbocycles. The first-order valence-corrected chi connectivity index (χ1v) is 9.39. The van der Waals surface area contributed by atoms with Crippen LogP contribution in [0.5, 0.6) is 11.5 Å². The quantitative estimate of drug-likeness (QED) is 0.213. The van der Waals surface area contributed by atoms with Crippen LogP contribution in [0.2, 0.25) is 0 Å². The summed E-state index contributed by atoms with van der Waals surface area (Å²) in [5, 5.41) is 11.8. The number of nitriles is 1. The monoisotopic (exact) mass is 408 g/mol. The lowest BCUT2D eigenvalue weighted by Gasteiger charge is -2.10. The van der Waals surface area contributed by atoms with Crippen molar-refractivity contribution >= 4 is 18.0 Å². The van der Waals surface area contributed by atoms with Crippen molar-refractivity contribution in [3.05, 3.63) is 65.2 Å². The fourth-order valence-electron chi connectivity index (χ4n) is 2.60. The van der Waals surface area contributed by atoms with Crippen molar-refractivity contribution in [2.24, 2.45) is 0 Å². The predicted molar refractivity (Wildman–Crippen MR) is 112 cm³/mol. The van der Waals surface area contributed by atoms with Gasteiger partial charge in [0.15, 0.2) is 11.5 Å². The van der Waals surface area contributed by atoms with E-state index in [4.69, 9.17) is 14.2 Å². The Bertz CT molecular complexity index is 932. The molecular weight excluding hydrogens is 384 g/mol. The summed E-state index contributed by atoms with van der Waals surface area (Å²) in [5.74, 6) is -0.273. The topological polar surface area (TPSA) is 97.6 Å². The van der Waals surface area contributed by atoms with Gasteiger partial charge in [0.2, 0.25) is 0 Å². The molecule has 0 aromatic heterocycles. The van der Waals surface area contributed by atoms with E-state index in [0.29, 0.717) is 30.9 Å². The molecule has 2 rings (SSSR count). The SMILES string of the molecule is COCCNC(=O)/C(C#N)=C/c1ccc(OC(=O)CCc2ccccc2)c(OC)c1. The number of aryl methyl sites for hydroxylation is 1. The summed E-state index contributed by atoms with van der Waals surface area (Å²) < 4.78 is 15.6. The first-order chi connectivity index (χ1) is 14.6. The lowest BCUT2D eigenvalue weighted by molar-refractivity contribution is -0.134. The molecule has 0 spiro atoms. The Hall–Kier alpha value is -3.63. The number of esters is 1. The van der Waals surface area contributed by atoms with Gasteiger partial charge in [-0.25, -0.2) is 0 Å². The fraction of sp³-hybridized carbons (Fsp3) is 0.261. The van der Waals surface area contributed by atoms with E-state index in [1.165, 1.54) is 20.3 Å². The average Bonchev–Trinajstić information content (AvgIpc) is 2.77. The Labute approximate surface area is 175 Å². The number of hydrogen-bond donors (Lipinski definition) is 1. The van der Waals surface area contributed by atoms with E-state index in [1.54, 1.807) is 18.2 Å². The second-order valence-corrected chi connectivity index (χ2v) is 6.29. The van der Waals surface area contributed by atoms with Crippen LogP contribution in [-0.2, 0) is 20.7 Å². The van der Waals surface area contributed by atoms with Crippen LogP contribution in [0.1, 0.15) is 17.5 Å². The first kappa shape index (κ1) is 22.7. The van der Waals surface area contributed by atoms with E-state index in [2.05, 4.69) is 5.32 Å². The van der Waals surface area contributed by atoms with Crippen molar-refractivity contribution in [3.8, 4) is 17.6 Å². The second-order valence-electron chi connectivity index (χ2n) is 6.29. The Balaban J connectivity index is 2.05. The fourth-order valence-corrected chi connectivity index (χ4v) is 2.60. The summed E-state index contributed by atoms with van der Waals surface area (Å²) in [6.45, 7) is 0.651. The van der Waals surface area contributed by atoms with Gasteiger partial charge in [-0.2, -0.15) is 5.26 Å². The Morgan fingerprint density at radius 3 is 2.53 bits per heavy atom. The number of ether oxygens (including phenoxy) is 3. The van der Waals surface area contributed by atoms with Gasteiger partial charge in [-0.15, -0.1) is 0 Å². The van der Waals surface area contributed by atoms with E-state index in [1.807, 2.05) is 36.4 Å². The maximum Gasteiger partial charge on any atom is 0.311 e. The van der Waals surface area contributed by atoms with E-state index in [0.717, 1.165) is 5.56 Å². The first-order valence-electron chi connectivity index (χ1n) is 9.39. The smallest absolute Gasteiger partial charge is 0.311 e. The molecule has 1 amide bonds. The zero-order valence-corrected chi connectivity index (χ0v) is 17.0. The van der Waals surface area contributed by atoms with Crippen LogP contribution in [0.25, 0.3) is 6.08 Å². The lowest BCUT2D eigenvalue weighted by atomic mass is 10.1. The number of hydrogen-bond acceptors (Lipinski definition) is 6. The molecule has 0 aliphatic heterocycles. The Morgan fingerprint density at radius 1 is 1.10 bits per heavy atom. The molecule has 0 saturated heterocycles. The third-order valence-electron chi connectivity index (χ3n) is 4.14. The lowest BCUT2D eigenvalue weighted by Crippen LogP contribution is -2.27. The van der Waals surface area contributed by atoms with Gasteiger partial charge in [-0.3, -0.25) is 9.59 Å². The number of amides is 1. The van der Waals surface area contributed by atoms with Gasteiger partial charge >= 0.3 is 5.97 Å². The number of nitrogens with one attached hydrogen (secondary N) is 1. The molecule has 0 radical (unpaired) electrons.